The molecule has 0 fully saturated rings. The predicted octanol–water partition coefficient (Wildman–Crippen LogP) is 2.53. The molecule has 0 amide bonds. The SMILES string of the molecule is CC(C)(C)CC(O)CNc1ncc(Cl)cc1N. The van der Waals surface area contributed by atoms with Gasteiger partial charge in [0.1, 0.15) is 5.82 Å². The lowest BCUT2D eigenvalue weighted by Gasteiger charge is -2.22. The van der Waals surface area contributed by atoms with Crippen LogP contribution in [-0.2, 0) is 0 Å². The molecule has 0 aromatic carbocycles. The van der Waals surface area contributed by atoms with Crippen LogP contribution in [-0.4, -0.2) is 22.7 Å². The number of nitrogens with two attached hydrogens (primary N) is 1. The van der Waals surface area contributed by atoms with E-state index in [0.29, 0.717) is 29.5 Å². The molecular weight excluding hydrogens is 238 g/mol. The Morgan fingerprint density at radius 3 is 2.71 bits per heavy atom. The first kappa shape index (κ1) is 14.1. The van der Waals surface area contributed by atoms with E-state index < -0.39 is 6.10 Å². The van der Waals surface area contributed by atoms with Crippen LogP contribution in [0, 0.1) is 5.41 Å². The quantitative estimate of drug-likeness (QED) is 0.775. The van der Waals surface area contributed by atoms with Gasteiger partial charge >= 0.3 is 0 Å². The predicted molar refractivity (Wildman–Crippen MR) is 72.2 cm³/mol. The van der Waals surface area contributed by atoms with Crippen LogP contribution in [0.2, 0.25) is 5.02 Å². The molecular formula is C12H20ClN3O. The zero-order valence-corrected chi connectivity index (χ0v) is 11.3. The maximum absolute atomic E-state index is 9.83. The highest BCUT2D eigenvalue weighted by molar-refractivity contribution is 6.30. The summed E-state index contributed by atoms with van der Waals surface area (Å²) in [5.74, 6) is 0.558. The van der Waals surface area contributed by atoms with E-state index in [9.17, 15) is 5.11 Å². The van der Waals surface area contributed by atoms with E-state index in [2.05, 4.69) is 31.1 Å². The highest BCUT2D eigenvalue weighted by Gasteiger charge is 2.16. The maximum Gasteiger partial charge on any atom is 0.149 e. The van der Waals surface area contributed by atoms with Crippen LogP contribution < -0.4 is 11.1 Å². The minimum absolute atomic E-state index is 0.0973. The van der Waals surface area contributed by atoms with Crippen molar-refractivity contribution in [3.63, 3.8) is 0 Å². The highest BCUT2D eigenvalue weighted by atomic mass is 35.5. The monoisotopic (exact) mass is 257 g/mol. The largest absolute Gasteiger partial charge is 0.396 e. The Morgan fingerprint density at radius 2 is 2.18 bits per heavy atom. The molecule has 0 bridgehead atoms. The van der Waals surface area contributed by atoms with E-state index in [4.69, 9.17) is 17.3 Å². The smallest absolute Gasteiger partial charge is 0.149 e. The Hall–Kier alpha value is -1.00. The molecule has 1 heterocycles. The molecule has 0 aliphatic heterocycles. The van der Waals surface area contributed by atoms with E-state index in [1.54, 1.807) is 6.07 Å². The van der Waals surface area contributed by atoms with Gasteiger partial charge in [-0.25, -0.2) is 4.98 Å². The average Bonchev–Trinajstić information content (AvgIpc) is 2.13. The van der Waals surface area contributed by atoms with Gasteiger partial charge < -0.3 is 16.2 Å². The van der Waals surface area contributed by atoms with Crippen LogP contribution in [0.15, 0.2) is 12.3 Å². The number of hydrogen-bond donors (Lipinski definition) is 3. The summed E-state index contributed by atoms with van der Waals surface area (Å²) in [5.41, 5.74) is 6.33. The van der Waals surface area contributed by atoms with Crippen molar-refractivity contribution in [1.82, 2.24) is 4.98 Å². The van der Waals surface area contributed by atoms with E-state index in [1.807, 2.05) is 0 Å². The standard InChI is InChI=1S/C12H20ClN3O/c1-12(2,3)5-9(17)7-16-11-10(14)4-8(13)6-15-11/h4,6,9,17H,5,7,14H2,1-3H3,(H,15,16). The maximum atomic E-state index is 9.83. The Morgan fingerprint density at radius 1 is 1.53 bits per heavy atom. The molecule has 17 heavy (non-hydrogen) atoms. The third-order valence-electron chi connectivity index (χ3n) is 2.24. The number of aliphatic hydroxyl groups is 1. The molecule has 96 valence electrons. The lowest BCUT2D eigenvalue weighted by atomic mass is 9.89. The number of nitrogens with one attached hydrogen (secondary N) is 1. The lowest BCUT2D eigenvalue weighted by Crippen LogP contribution is -2.25. The van der Waals surface area contributed by atoms with Gasteiger partial charge in [-0.1, -0.05) is 32.4 Å². The van der Waals surface area contributed by atoms with Crippen molar-refractivity contribution < 1.29 is 5.11 Å². The highest BCUT2D eigenvalue weighted by Crippen LogP contribution is 2.22. The van der Waals surface area contributed by atoms with Gasteiger partial charge in [-0.3, -0.25) is 0 Å². The molecule has 1 atom stereocenters. The van der Waals surface area contributed by atoms with Gasteiger partial charge in [-0.2, -0.15) is 0 Å². The number of aliphatic hydroxyl groups excluding tert-OH is 1. The summed E-state index contributed by atoms with van der Waals surface area (Å²) in [6, 6.07) is 1.63. The van der Waals surface area contributed by atoms with Crippen molar-refractivity contribution in [3.8, 4) is 0 Å². The second-order valence-corrected chi connectivity index (χ2v) is 5.83. The van der Waals surface area contributed by atoms with Crippen molar-refractivity contribution in [2.45, 2.75) is 33.3 Å². The summed E-state index contributed by atoms with van der Waals surface area (Å²) in [6.45, 7) is 6.69. The van der Waals surface area contributed by atoms with Gasteiger partial charge in [0, 0.05) is 12.7 Å². The number of hydrogen-bond acceptors (Lipinski definition) is 4. The molecule has 0 aliphatic carbocycles. The molecule has 0 aliphatic rings. The third-order valence-corrected chi connectivity index (χ3v) is 2.44. The van der Waals surface area contributed by atoms with Gasteiger partial charge in [-0.05, 0) is 17.9 Å². The van der Waals surface area contributed by atoms with Gasteiger partial charge in [-0.15, -0.1) is 0 Å². The van der Waals surface area contributed by atoms with Gasteiger partial charge in [0.15, 0.2) is 0 Å². The number of halogens is 1. The van der Waals surface area contributed by atoms with E-state index >= 15 is 0 Å². The molecule has 5 heteroatoms. The lowest BCUT2D eigenvalue weighted by molar-refractivity contribution is 0.132. The fourth-order valence-electron chi connectivity index (χ4n) is 1.60. The summed E-state index contributed by atoms with van der Waals surface area (Å²) >= 11 is 5.75. The number of rotatable bonds is 4. The molecule has 0 saturated carbocycles. The van der Waals surface area contributed by atoms with Gasteiger partial charge in [0.2, 0.25) is 0 Å². The topological polar surface area (TPSA) is 71.2 Å². The summed E-state index contributed by atoms with van der Waals surface area (Å²) < 4.78 is 0. The first-order chi connectivity index (χ1) is 7.78. The molecule has 0 radical (unpaired) electrons. The van der Waals surface area contributed by atoms with Crippen molar-refractivity contribution in [2.75, 3.05) is 17.6 Å². The molecule has 0 saturated heterocycles. The van der Waals surface area contributed by atoms with Gasteiger partial charge in [0.05, 0.1) is 16.8 Å². The van der Waals surface area contributed by atoms with Crippen LogP contribution in [0.5, 0.6) is 0 Å². The van der Waals surface area contributed by atoms with Crippen LogP contribution in [0.1, 0.15) is 27.2 Å². The normalized spacial score (nSPS) is 13.5. The van der Waals surface area contributed by atoms with Crippen LogP contribution in [0.4, 0.5) is 11.5 Å². The van der Waals surface area contributed by atoms with Gasteiger partial charge in [0.25, 0.3) is 0 Å². The Balaban J connectivity index is 2.50. The molecule has 1 unspecified atom stereocenters. The summed E-state index contributed by atoms with van der Waals surface area (Å²) in [6.07, 6.45) is 1.82. The Kier molecular flexibility index (Phi) is 4.60. The van der Waals surface area contributed by atoms with E-state index in [0.717, 1.165) is 0 Å². The number of anilines is 2. The summed E-state index contributed by atoms with van der Waals surface area (Å²) in [4.78, 5) is 4.07. The van der Waals surface area contributed by atoms with E-state index in [-0.39, 0.29) is 5.41 Å². The molecule has 4 N–H and O–H groups in total. The Labute approximate surface area is 107 Å². The second-order valence-electron chi connectivity index (χ2n) is 5.39. The second kappa shape index (κ2) is 5.56. The van der Waals surface area contributed by atoms with Crippen molar-refractivity contribution in [1.29, 1.82) is 0 Å². The number of nitrogens with zero attached hydrogens (tertiary/aromatic N) is 1. The fraction of sp³-hybridized carbons (Fsp3) is 0.583. The van der Waals surface area contributed by atoms with Crippen molar-refractivity contribution in [2.24, 2.45) is 5.41 Å². The van der Waals surface area contributed by atoms with Crippen molar-refractivity contribution in [3.05, 3.63) is 17.3 Å². The van der Waals surface area contributed by atoms with Crippen LogP contribution >= 0.6 is 11.6 Å². The zero-order valence-electron chi connectivity index (χ0n) is 10.5. The molecule has 0 spiro atoms. The summed E-state index contributed by atoms with van der Waals surface area (Å²) in [5, 5.41) is 13.4. The van der Waals surface area contributed by atoms with E-state index in [1.165, 1.54) is 6.20 Å². The molecule has 1 rings (SSSR count). The van der Waals surface area contributed by atoms with Crippen LogP contribution in [0.25, 0.3) is 0 Å². The fourth-order valence-corrected chi connectivity index (χ4v) is 1.76. The third kappa shape index (κ3) is 5.24. The summed E-state index contributed by atoms with van der Waals surface area (Å²) in [7, 11) is 0. The number of nitrogen functional groups attached to an aromatic ring is 1. The van der Waals surface area contributed by atoms with Crippen LogP contribution in [0.3, 0.4) is 0 Å². The molecule has 4 nitrogen and oxygen atoms in total. The molecule has 1 aromatic rings. The molecule has 1 aromatic heterocycles. The average molecular weight is 258 g/mol. The minimum atomic E-state index is -0.424. The number of aromatic nitrogens is 1. The zero-order chi connectivity index (χ0) is 13.1. The first-order valence-corrected chi connectivity index (χ1v) is 5.99. The Bertz CT molecular complexity index is 377. The van der Waals surface area contributed by atoms with Crippen molar-refractivity contribution >= 4 is 23.1 Å². The minimum Gasteiger partial charge on any atom is -0.396 e. The number of pyridine rings is 1. The first-order valence-electron chi connectivity index (χ1n) is 5.61.